The maximum Gasteiger partial charge on any atom is 0.148 e. The smallest absolute Gasteiger partial charge is 0.148 e. The number of halogens is 2. The highest BCUT2D eigenvalue weighted by Crippen LogP contribution is 2.27. The molecule has 1 aromatic heterocycles. The average Bonchev–Trinajstić information content (AvgIpc) is 2.28. The molecule has 0 spiro atoms. The first-order valence-corrected chi connectivity index (χ1v) is 5.83. The maximum atomic E-state index is 6.04. The Labute approximate surface area is 107 Å². The summed E-state index contributed by atoms with van der Waals surface area (Å²) in [6, 6.07) is 5.71. The van der Waals surface area contributed by atoms with Crippen molar-refractivity contribution in [3.8, 4) is 0 Å². The van der Waals surface area contributed by atoms with Crippen LogP contribution in [0, 0.1) is 6.92 Å². The molecule has 16 heavy (non-hydrogen) atoms. The second-order valence-corrected chi connectivity index (χ2v) is 4.52. The molecule has 3 nitrogen and oxygen atoms in total. The molecule has 1 heterocycles. The number of aromatic nitrogens is 2. The highest BCUT2D eigenvalue weighted by Gasteiger charge is 2.05. The predicted octanol–water partition coefficient (Wildman–Crippen LogP) is 3.94. The van der Waals surface area contributed by atoms with Crippen molar-refractivity contribution < 1.29 is 0 Å². The summed E-state index contributed by atoms with van der Waals surface area (Å²) in [5.41, 5.74) is 1.93. The van der Waals surface area contributed by atoms with Crippen molar-refractivity contribution in [2.75, 3.05) is 5.32 Å². The van der Waals surface area contributed by atoms with Crippen molar-refractivity contribution in [3.63, 3.8) is 0 Å². The third-order valence-corrected chi connectivity index (χ3v) is 3.18. The molecule has 0 saturated carbocycles. The van der Waals surface area contributed by atoms with Gasteiger partial charge in [0.25, 0.3) is 0 Å². The number of hydrogen-bond donors (Lipinski definition) is 1. The van der Waals surface area contributed by atoms with E-state index in [-0.39, 0.29) is 0 Å². The van der Waals surface area contributed by atoms with E-state index in [0.29, 0.717) is 0 Å². The SMILES string of the molecule is Cc1c(Cl)cccc1Nc1ncncc1Br. The molecule has 0 atom stereocenters. The molecule has 0 amide bonds. The largest absolute Gasteiger partial charge is 0.339 e. The lowest BCUT2D eigenvalue weighted by Crippen LogP contribution is -1.97. The van der Waals surface area contributed by atoms with Crippen LogP contribution in [0.4, 0.5) is 11.5 Å². The second kappa shape index (κ2) is 4.80. The molecular formula is C11H9BrClN3. The van der Waals surface area contributed by atoms with Crippen molar-refractivity contribution in [1.29, 1.82) is 0 Å². The van der Waals surface area contributed by atoms with Gasteiger partial charge in [-0.05, 0) is 40.5 Å². The number of hydrogen-bond acceptors (Lipinski definition) is 3. The summed E-state index contributed by atoms with van der Waals surface area (Å²) in [7, 11) is 0. The molecule has 2 rings (SSSR count). The Morgan fingerprint density at radius 3 is 2.94 bits per heavy atom. The lowest BCUT2D eigenvalue weighted by molar-refractivity contribution is 1.15. The lowest BCUT2D eigenvalue weighted by atomic mass is 10.2. The summed E-state index contributed by atoms with van der Waals surface area (Å²) in [5.74, 6) is 0.723. The Bertz CT molecular complexity index is 516. The predicted molar refractivity (Wildman–Crippen MR) is 69.2 cm³/mol. The Hall–Kier alpha value is -1.13. The van der Waals surface area contributed by atoms with Gasteiger partial charge in [0.05, 0.1) is 4.47 Å². The normalized spacial score (nSPS) is 10.2. The Kier molecular flexibility index (Phi) is 3.41. The number of nitrogens with zero attached hydrogens (tertiary/aromatic N) is 2. The Morgan fingerprint density at radius 1 is 1.38 bits per heavy atom. The van der Waals surface area contributed by atoms with Gasteiger partial charge in [-0.3, -0.25) is 0 Å². The fourth-order valence-corrected chi connectivity index (χ4v) is 1.77. The van der Waals surface area contributed by atoms with Crippen molar-refractivity contribution in [1.82, 2.24) is 9.97 Å². The zero-order valence-corrected chi connectivity index (χ0v) is 10.9. The molecule has 0 aliphatic heterocycles. The first-order valence-electron chi connectivity index (χ1n) is 4.66. The van der Waals surface area contributed by atoms with E-state index in [2.05, 4.69) is 31.2 Å². The number of nitrogens with one attached hydrogen (secondary N) is 1. The van der Waals surface area contributed by atoms with E-state index in [1.54, 1.807) is 6.20 Å². The molecule has 0 radical (unpaired) electrons. The summed E-state index contributed by atoms with van der Waals surface area (Å²) in [4.78, 5) is 8.03. The third kappa shape index (κ3) is 2.33. The van der Waals surface area contributed by atoms with Crippen LogP contribution in [-0.4, -0.2) is 9.97 Å². The molecule has 0 aliphatic rings. The molecule has 0 saturated heterocycles. The molecule has 0 unspecified atom stereocenters. The van der Waals surface area contributed by atoms with Crippen LogP contribution in [0.5, 0.6) is 0 Å². The monoisotopic (exact) mass is 297 g/mol. The van der Waals surface area contributed by atoms with Gasteiger partial charge in [0, 0.05) is 16.9 Å². The van der Waals surface area contributed by atoms with Crippen LogP contribution in [0.3, 0.4) is 0 Å². The topological polar surface area (TPSA) is 37.8 Å². The van der Waals surface area contributed by atoms with E-state index in [0.717, 1.165) is 26.6 Å². The van der Waals surface area contributed by atoms with Gasteiger partial charge in [0.2, 0.25) is 0 Å². The van der Waals surface area contributed by atoms with Crippen molar-refractivity contribution in [2.45, 2.75) is 6.92 Å². The van der Waals surface area contributed by atoms with Gasteiger partial charge in [-0.25, -0.2) is 9.97 Å². The summed E-state index contributed by atoms with van der Waals surface area (Å²) in [5, 5.41) is 3.93. The van der Waals surface area contributed by atoms with Crippen LogP contribution in [-0.2, 0) is 0 Å². The molecule has 0 bridgehead atoms. The zero-order valence-electron chi connectivity index (χ0n) is 8.54. The summed E-state index contributed by atoms with van der Waals surface area (Å²) in [6.45, 7) is 1.96. The molecule has 1 N–H and O–H groups in total. The van der Waals surface area contributed by atoms with Crippen LogP contribution >= 0.6 is 27.5 Å². The number of benzene rings is 1. The molecule has 82 valence electrons. The Morgan fingerprint density at radius 2 is 2.19 bits per heavy atom. The van der Waals surface area contributed by atoms with Gasteiger partial charge in [0.15, 0.2) is 0 Å². The van der Waals surface area contributed by atoms with Crippen LogP contribution in [0.1, 0.15) is 5.56 Å². The van der Waals surface area contributed by atoms with Crippen molar-refractivity contribution in [3.05, 3.63) is 45.8 Å². The summed E-state index contributed by atoms with van der Waals surface area (Å²) in [6.07, 6.45) is 3.18. The maximum absolute atomic E-state index is 6.04. The van der Waals surface area contributed by atoms with Gasteiger partial charge in [-0.2, -0.15) is 0 Å². The quantitative estimate of drug-likeness (QED) is 0.912. The standard InChI is InChI=1S/C11H9BrClN3/c1-7-9(13)3-2-4-10(7)16-11-8(12)5-14-6-15-11/h2-6H,1H3,(H,14,15,16). The average molecular weight is 299 g/mol. The van der Waals surface area contributed by atoms with Gasteiger partial charge in [-0.1, -0.05) is 17.7 Å². The zero-order chi connectivity index (χ0) is 11.5. The van der Waals surface area contributed by atoms with Crippen LogP contribution in [0.2, 0.25) is 5.02 Å². The molecular weight excluding hydrogens is 289 g/mol. The minimum absolute atomic E-state index is 0.723. The van der Waals surface area contributed by atoms with Crippen LogP contribution in [0.25, 0.3) is 0 Å². The molecule has 5 heteroatoms. The summed E-state index contributed by atoms with van der Waals surface area (Å²) >= 11 is 9.41. The third-order valence-electron chi connectivity index (χ3n) is 2.19. The fourth-order valence-electron chi connectivity index (χ4n) is 1.28. The summed E-state index contributed by atoms with van der Waals surface area (Å²) < 4.78 is 0.814. The van der Waals surface area contributed by atoms with E-state index >= 15 is 0 Å². The van der Waals surface area contributed by atoms with E-state index < -0.39 is 0 Å². The highest BCUT2D eigenvalue weighted by atomic mass is 79.9. The van der Waals surface area contributed by atoms with E-state index in [1.807, 2.05) is 25.1 Å². The minimum Gasteiger partial charge on any atom is -0.339 e. The molecule has 2 aromatic rings. The first kappa shape index (κ1) is 11.4. The van der Waals surface area contributed by atoms with Gasteiger partial charge in [0.1, 0.15) is 12.1 Å². The van der Waals surface area contributed by atoms with Crippen LogP contribution < -0.4 is 5.32 Å². The van der Waals surface area contributed by atoms with E-state index in [4.69, 9.17) is 11.6 Å². The van der Waals surface area contributed by atoms with Gasteiger partial charge >= 0.3 is 0 Å². The van der Waals surface area contributed by atoms with E-state index in [1.165, 1.54) is 6.33 Å². The fraction of sp³-hybridized carbons (Fsp3) is 0.0909. The molecule has 1 aromatic carbocycles. The van der Waals surface area contributed by atoms with E-state index in [9.17, 15) is 0 Å². The minimum atomic E-state index is 0.723. The van der Waals surface area contributed by atoms with Crippen molar-refractivity contribution in [2.24, 2.45) is 0 Å². The van der Waals surface area contributed by atoms with Crippen LogP contribution in [0.15, 0.2) is 35.2 Å². The van der Waals surface area contributed by atoms with Crippen molar-refractivity contribution >= 4 is 39.0 Å². The Balaban J connectivity index is 2.35. The number of anilines is 2. The first-order chi connectivity index (χ1) is 7.68. The highest BCUT2D eigenvalue weighted by molar-refractivity contribution is 9.10. The number of rotatable bonds is 2. The lowest BCUT2D eigenvalue weighted by Gasteiger charge is -2.10. The molecule has 0 aliphatic carbocycles. The van der Waals surface area contributed by atoms with Gasteiger partial charge in [-0.15, -0.1) is 0 Å². The second-order valence-electron chi connectivity index (χ2n) is 3.26. The molecule has 0 fully saturated rings. The van der Waals surface area contributed by atoms with Gasteiger partial charge < -0.3 is 5.32 Å².